The maximum absolute atomic E-state index is 12.7. The average molecular weight is 399 g/mol. The van der Waals surface area contributed by atoms with E-state index in [-0.39, 0.29) is 5.91 Å². The van der Waals surface area contributed by atoms with E-state index in [2.05, 4.69) is 23.2 Å². The molecule has 0 aliphatic carbocycles. The minimum Gasteiger partial charge on any atom is -0.494 e. The van der Waals surface area contributed by atoms with E-state index in [0.29, 0.717) is 5.56 Å². The Morgan fingerprint density at radius 1 is 1.07 bits per heavy atom. The molecule has 0 atom stereocenters. The molecule has 0 spiro atoms. The normalized spacial score (nSPS) is 14.6. The summed E-state index contributed by atoms with van der Waals surface area (Å²) < 4.78 is 5.73. The molecule has 1 aliphatic heterocycles. The molecule has 150 valence electrons. The number of carbonyl (C=O) groups is 1. The van der Waals surface area contributed by atoms with Crippen molar-refractivity contribution >= 4 is 23.4 Å². The maximum atomic E-state index is 12.7. The van der Waals surface area contributed by atoms with E-state index in [0.717, 1.165) is 44.1 Å². The summed E-state index contributed by atoms with van der Waals surface area (Å²) in [6.07, 6.45) is 3.42. The van der Waals surface area contributed by atoms with Gasteiger partial charge < -0.3 is 10.1 Å². The zero-order valence-corrected chi connectivity index (χ0v) is 17.5. The fourth-order valence-corrected chi connectivity index (χ4v) is 4.20. The number of nitrogens with one attached hydrogen (secondary N) is 1. The first-order valence-corrected chi connectivity index (χ1v) is 11.3. The van der Waals surface area contributed by atoms with Gasteiger partial charge in [-0.05, 0) is 42.3 Å². The van der Waals surface area contributed by atoms with Crippen molar-refractivity contribution in [3.05, 3.63) is 59.7 Å². The van der Waals surface area contributed by atoms with Crippen LogP contribution >= 0.6 is 11.8 Å². The summed E-state index contributed by atoms with van der Waals surface area (Å²) in [5, 5.41) is 3.08. The van der Waals surface area contributed by atoms with Crippen LogP contribution in [0.3, 0.4) is 0 Å². The van der Waals surface area contributed by atoms with E-state index in [1.165, 1.54) is 29.9 Å². The predicted molar refractivity (Wildman–Crippen MR) is 118 cm³/mol. The molecule has 1 saturated heterocycles. The van der Waals surface area contributed by atoms with Crippen LogP contribution in [0.1, 0.15) is 42.1 Å². The summed E-state index contributed by atoms with van der Waals surface area (Å²) in [5.41, 5.74) is 2.70. The van der Waals surface area contributed by atoms with Crippen LogP contribution in [0.25, 0.3) is 0 Å². The van der Waals surface area contributed by atoms with Gasteiger partial charge in [-0.25, -0.2) is 0 Å². The van der Waals surface area contributed by atoms with Crippen molar-refractivity contribution in [2.45, 2.75) is 32.7 Å². The highest BCUT2D eigenvalue weighted by molar-refractivity contribution is 7.99. The molecule has 1 aliphatic rings. The van der Waals surface area contributed by atoms with E-state index in [9.17, 15) is 4.79 Å². The van der Waals surface area contributed by atoms with Crippen molar-refractivity contribution in [2.24, 2.45) is 0 Å². The van der Waals surface area contributed by atoms with Crippen molar-refractivity contribution in [1.82, 2.24) is 4.90 Å². The Bertz CT molecular complexity index is 743. The zero-order valence-electron chi connectivity index (χ0n) is 16.7. The Morgan fingerprint density at radius 3 is 2.57 bits per heavy atom. The van der Waals surface area contributed by atoms with Crippen LogP contribution in [-0.4, -0.2) is 42.0 Å². The van der Waals surface area contributed by atoms with Crippen molar-refractivity contribution in [1.29, 1.82) is 0 Å². The number of unbranched alkanes of at least 4 members (excludes halogenated alkanes) is 2. The van der Waals surface area contributed by atoms with E-state index in [4.69, 9.17) is 4.74 Å². The molecule has 2 aromatic carbocycles. The van der Waals surface area contributed by atoms with Crippen LogP contribution in [0.15, 0.2) is 48.5 Å². The van der Waals surface area contributed by atoms with E-state index < -0.39 is 0 Å². The monoisotopic (exact) mass is 398 g/mol. The van der Waals surface area contributed by atoms with Gasteiger partial charge in [-0.2, -0.15) is 11.8 Å². The number of anilines is 1. The molecule has 0 aromatic heterocycles. The molecule has 1 N–H and O–H groups in total. The van der Waals surface area contributed by atoms with Gasteiger partial charge in [0.25, 0.3) is 5.91 Å². The molecule has 0 saturated carbocycles. The van der Waals surface area contributed by atoms with Crippen molar-refractivity contribution < 1.29 is 9.53 Å². The van der Waals surface area contributed by atoms with Gasteiger partial charge in [-0.3, -0.25) is 9.69 Å². The number of amides is 1. The molecular weight excluding hydrogens is 368 g/mol. The lowest BCUT2D eigenvalue weighted by molar-refractivity contribution is 0.102. The van der Waals surface area contributed by atoms with Gasteiger partial charge in [-0.15, -0.1) is 0 Å². The Hall–Kier alpha value is -1.98. The van der Waals surface area contributed by atoms with Crippen LogP contribution in [0.4, 0.5) is 5.69 Å². The minimum absolute atomic E-state index is 0.0841. The molecule has 28 heavy (non-hydrogen) atoms. The quantitative estimate of drug-likeness (QED) is 0.600. The molecule has 5 heteroatoms. The van der Waals surface area contributed by atoms with E-state index in [1.807, 2.05) is 54.2 Å². The molecule has 3 rings (SSSR count). The molecule has 1 fully saturated rings. The first-order chi connectivity index (χ1) is 13.8. The molecule has 0 radical (unpaired) electrons. The molecular formula is C23H30N2O2S. The van der Waals surface area contributed by atoms with Crippen molar-refractivity contribution in [3.63, 3.8) is 0 Å². The number of hydrogen-bond donors (Lipinski definition) is 1. The lowest BCUT2D eigenvalue weighted by Gasteiger charge is -2.27. The molecule has 1 amide bonds. The topological polar surface area (TPSA) is 41.6 Å². The SMILES string of the molecule is CCCCCOc1ccc(C(=O)Nc2ccccc2CN2CCSCC2)cc1. The number of carbonyl (C=O) groups excluding carboxylic acids is 1. The maximum Gasteiger partial charge on any atom is 0.255 e. The van der Waals surface area contributed by atoms with E-state index in [1.54, 1.807) is 0 Å². The van der Waals surface area contributed by atoms with Crippen molar-refractivity contribution in [2.75, 3.05) is 36.5 Å². The first kappa shape index (κ1) is 20.7. The largest absolute Gasteiger partial charge is 0.494 e. The third kappa shape index (κ3) is 6.28. The number of ether oxygens (including phenoxy) is 1. The highest BCUT2D eigenvalue weighted by Crippen LogP contribution is 2.21. The summed E-state index contributed by atoms with van der Waals surface area (Å²) in [6, 6.07) is 15.5. The molecule has 4 nitrogen and oxygen atoms in total. The summed E-state index contributed by atoms with van der Waals surface area (Å²) in [5.74, 6) is 3.10. The van der Waals surface area contributed by atoms with Gasteiger partial charge in [0.05, 0.1) is 6.61 Å². The number of nitrogens with zero attached hydrogens (tertiary/aromatic N) is 1. The van der Waals surface area contributed by atoms with Crippen LogP contribution < -0.4 is 10.1 Å². The van der Waals surface area contributed by atoms with E-state index >= 15 is 0 Å². The lowest BCUT2D eigenvalue weighted by atomic mass is 10.1. The van der Waals surface area contributed by atoms with Crippen LogP contribution in [-0.2, 0) is 6.54 Å². The van der Waals surface area contributed by atoms with Gasteiger partial charge in [0.1, 0.15) is 5.75 Å². The molecule has 2 aromatic rings. The summed E-state index contributed by atoms with van der Waals surface area (Å²) in [7, 11) is 0. The standard InChI is InChI=1S/C23H30N2O2S/c1-2-3-6-15-27-21-11-9-19(10-12-21)23(26)24-22-8-5-4-7-20(22)18-25-13-16-28-17-14-25/h4-5,7-12H,2-3,6,13-18H2,1H3,(H,24,26). The highest BCUT2D eigenvalue weighted by atomic mass is 32.2. The molecule has 0 bridgehead atoms. The third-order valence-electron chi connectivity index (χ3n) is 4.90. The predicted octanol–water partition coefficient (Wildman–Crippen LogP) is 5.06. The zero-order chi connectivity index (χ0) is 19.6. The fraction of sp³-hybridized carbons (Fsp3) is 0.435. The molecule has 1 heterocycles. The second-order valence-electron chi connectivity index (χ2n) is 7.08. The Labute approximate surface area is 172 Å². The smallest absolute Gasteiger partial charge is 0.255 e. The van der Waals surface area contributed by atoms with Gasteiger partial charge >= 0.3 is 0 Å². The van der Waals surface area contributed by atoms with Crippen molar-refractivity contribution in [3.8, 4) is 5.75 Å². The summed E-state index contributed by atoms with van der Waals surface area (Å²) in [4.78, 5) is 15.2. The number of benzene rings is 2. The number of rotatable bonds is 9. The number of hydrogen-bond acceptors (Lipinski definition) is 4. The lowest BCUT2D eigenvalue weighted by Crippen LogP contribution is -2.32. The van der Waals surface area contributed by atoms with Gasteiger partial charge in [0.15, 0.2) is 0 Å². The Balaban J connectivity index is 1.58. The van der Waals surface area contributed by atoms with Crippen LogP contribution in [0.5, 0.6) is 5.75 Å². The van der Waals surface area contributed by atoms with Gasteiger partial charge in [-0.1, -0.05) is 38.0 Å². The number of thioether (sulfide) groups is 1. The minimum atomic E-state index is -0.0841. The fourth-order valence-electron chi connectivity index (χ4n) is 3.22. The second-order valence-corrected chi connectivity index (χ2v) is 8.30. The highest BCUT2D eigenvalue weighted by Gasteiger charge is 2.14. The Morgan fingerprint density at radius 2 is 1.82 bits per heavy atom. The number of para-hydroxylation sites is 1. The second kappa shape index (κ2) is 11.1. The molecule has 0 unspecified atom stereocenters. The average Bonchev–Trinajstić information content (AvgIpc) is 2.74. The van der Waals surface area contributed by atoms with Crippen LogP contribution in [0.2, 0.25) is 0 Å². The summed E-state index contributed by atoms with van der Waals surface area (Å²) in [6.45, 7) is 5.99. The Kier molecular flexibility index (Phi) is 8.24. The first-order valence-electron chi connectivity index (χ1n) is 10.2. The van der Waals surface area contributed by atoms with Gasteiger partial charge in [0.2, 0.25) is 0 Å². The third-order valence-corrected chi connectivity index (χ3v) is 5.84. The van der Waals surface area contributed by atoms with Crippen LogP contribution in [0, 0.1) is 0 Å². The summed E-state index contributed by atoms with van der Waals surface area (Å²) >= 11 is 2.01. The van der Waals surface area contributed by atoms with Gasteiger partial charge in [0, 0.05) is 42.4 Å².